The number of hydrogen-bond acceptors (Lipinski definition) is 5. The predicted octanol–water partition coefficient (Wildman–Crippen LogP) is 2.52. The minimum atomic E-state index is -0.668. The molecule has 2 N–H and O–H groups in total. The van der Waals surface area contributed by atoms with Crippen molar-refractivity contribution in [3.05, 3.63) is 56.5 Å². The van der Waals surface area contributed by atoms with Crippen LogP contribution in [0.5, 0.6) is 5.75 Å². The van der Waals surface area contributed by atoms with E-state index in [0.29, 0.717) is 12.3 Å². The third-order valence-corrected chi connectivity index (χ3v) is 4.56. The van der Waals surface area contributed by atoms with E-state index in [-0.39, 0.29) is 29.5 Å². The Balaban J connectivity index is 1.77. The first-order chi connectivity index (χ1) is 14.0. The van der Waals surface area contributed by atoms with Gasteiger partial charge >= 0.3 is 11.8 Å². The number of carbonyl (C=O) groups is 1. The zero-order valence-corrected chi connectivity index (χ0v) is 16.7. The third-order valence-electron chi connectivity index (χ3n) is 4.38. The molecule has 0 spiro atoms. The number of nitrogens with one attached hydrogen (secondary N) is 2. The van der Waals surface area contributed by atoms with Gasteiger partial charge in [0.05, 0.1) is 0 Å². The van der Waals surface area contributed by atoms with Gasteiger partial charge in [0.1, 0.15) is 5.75 Å². The largest absolute Gasteiger partial charge is 0.412 e. The van der Waals surface area contributed by atoms with Crippen molar-refractivity contribution in [2.45, 2.75) is 39.3 Å². The number of unbranched alkanes of at least 4 members (excludes halogenated alkanes) is 2. The zero-order valence-electron chi connectivity index (χ0n) is 16.0. The fourth-order valence-corrected chi connectivity index (χ4v) is 3.13. The number of amides is 1. The van der Waals surface area contributed by atoms with Gasteiger partial charge in [-0.3, -0.25) is 13.9 Å². The molecule has 0 aliphatic heterocycles. The highest BCUT2D eigenvalue weighted by Crippen LogP contribution is 2.11. The van der Waals surface area contributed by atoms with Gasteiger partial charge in [0, 0.05) is 19.6 Å². The summed E-state index contributed by atoms with van der Waals surface area (Å²) in [4.78, 5) is 44.2. The molecule has 2 heterocycles. The number of benzene rings is 1. The lowest BCUT2D eigenvalue weighted by atomic mass is 10.2. The SMILES string of the molecule is CCCCCn1c(=O)n(CCNC(=O)Oc2ccccc2)c(=O)c2[nH]c(Cl)nc21. The van der Waals surface area contributed by atoms with Gasteiger partial charge in [0.25, 0.3) is 5.56 Å². The normalized spacial score (nSPS) is 11.0. The molecule has 3 rings (SSSR count). The Kier molecular flexibility index (Phi) is 6.71. The van der Waals surface area contributed by atoms with Gasteiger partial charge < -0.3 is 15.0 Å². The lowest BCUT2D eigenvalue weighted by molar-refractivity contribution is 0.200. The molecule has 29 heavy (non-hydrogen) atoms. The van der Waals surface area contributed by atoms with E-state index in [1.807, 2.05) is 0 Å². The van der Waals surface area contributed by atoms with E-state index >= 15 is 0 Å². The molecule has 0 radical (unpaired) electrons. The molecule has 0 saturated heterocycles. The quantitative estimate of drug-likeness (QED) is 0.430. The molecule has 3 aromatic rings. The van der Waals surface area contributed by atoms with Crippen molar-refractivity contribution < 1.29 is 9.53 Å². The van der Waals surface area contributed by atoms with Crippen LogP contribution < -0.4 is 21.3 Å². The highest BCUT2D eigenvalue weighted by Gasteiger charge is 2.17. The number of imidazole rings is 1. The van der Waals surface area contributed by atoms with E-state index in [1.165, 1.54) is 4.57 Å². The number of aromatic amines is 1. The van der Waals surface area contributed by atoms with Crippen molar-refractivity contribution in [2.24, 2.45) is 0 Å². The molecule has 0 saturated carbocycles. The molecule has 10 heteroatoms. The minimum absolute atomic E-state index is 0.0120. The van der Waals surface area contributed by atoms with Crippen molar-refractivity contribution in [1.82, 2.24) is 24.4 Å². The van der Waals surface area contributed by atoms with E-state index in [4.69, 9.17) is 16.3 Å². The first kappa shape index (κ1) is 20.7. The Morgan fingerprint density at radius 2 is 1.93 bits per heavy atom. The number of fused-ring (bicyclic) bond motifs is 1. The van der Waals surface area contributed by atoms with Crippen LogP contribution in [-0.2, 0) is 13.1 Å². The highest BCUT2D eigenvalue weighted by atomic mass is 35.5. The molecule has 154 valence electrons. The molecule has 1 aromatic carbocycles. The van der Waals surface area contributed by atoms with Crippen LogP contribution in [0.1, 0.15) is 26.2 Å². The number of rotatable bonds is 8. The number of para-hydroxylation sites is 1. The van der Waals surface area contributed by atoms with Gasteiger partial charge in [0.2, 0.25) is 5.28 Å². The summed E-state index contributed by atoms with van der Waals surface area (Å²) in [6.07, 6.45) is 2.04. The number of H-pyrrole nitrogens is 1. The maximum Gasteiger partial charge on any atom is 0.412 e. The Labute approximate surface area is 171 Å². The number of nitrogens with zero attached hydrogens (tertiary/aromatic N) is 3. The fraction of sp³-hybridized carbons (Fsp3) is 0.368. The Morgan fingerprint density at radius 3 is 2.66 bits per heavy atom. The molecule has 2 aromatic heterocycles. The Morgan fingerprint density at radius 1 is 1.17 bits per heavy atom. The summed E-state index contributed by atoms with van der Waals surface area (Å²) in [5.41, 5.74) is -0.610. The first-order valence-electron chi connectivity index (χ1n) is 9.41. The van der Waals surface area contributed by atoms with Gasteiger partial charge in [-0.15, -0.1) is 0 Å². The summed E-state index contributed by atoms with van der Waals surface area (Å²) < 4.78 is 7.62. The average Bonchev–Trinajstić information content (AvgIpc) is 3.09. The van der Waals surface area contributed by atoms with Gasteiger partial charge in [0.15, 0.2) is 11.2 Å². The molecule has 0 bridgehead atoms. The number of halogens is 1. The molecule has 9 nitrogen and oxygen atoms in total. The summed E-state index contributed by atoms with van der Waals surface area (Å²) in [6.45, 7) is 2.52. The second-order valence-corrected chi connectivity index (χ2v) is 6.81. The monoisotopic (exact) mass is 419 g/mol. The number of hydrogen-bond donors (Lipinski definition) is 2. The topological polar surface area (TPSA) is 111 Å². The fourth-order valence-electron chi connectivity index (χ4n) is 2.96. The maximum absolute atomic E-state index is 12.9. The van der Waals surface area contributed by atoms with Gasteiger partial charge in [-0.1, -0.05) is 38.0 Å². The summed E-state index contributed by atoms with van der Waals surface area (Å²) >= 11 is 5.91. The molecule has 0 aliphatic rings. The minimum Gasteiger partial charge on any atom is -0.410 e. The molecule has 0 unspecified atom stereocenters. The molecule has 0 fully saturated rings. The van der Waals surface area contributed by atoms with Gasteiger partial charge in [-0.05, 0) is 30.2 Å². The summed E-state index contributed by atoms with van der Waals surface area (Å²) in [7, 11) is 0. The van der Waals surface area contributed by atoms with Crippen molar-refractivity contribution in [3.8, 4) is 5.75 Å². The van der Waals surface area contributed by atoms with Crippen LogP contribution in [0, 0.1) is 0 Å². The van der Waals surface area contributed by atoms with E-state index in [9.17, 15) is 14.4 Å². The van der Waals surface area contributed by atoms with E-state index in [2.05, 4.69) is 22.2 Å². The van der Waals surface area contributed by atoms with Crippen LogP contribution >= 0.6 is 11.6 Å². The molecule has 1 amide bonds. The van der Waals surface area contributed by atoms with Gasteiger partial charge in [-0.25, -0.2) is 9.59 Å². The lowest BCUT2D eigenvalue weighted by Gasteiger charge is -2.11. The summed E-state index contributed by atoms with van der Waals surface area (Å²) in [6, 6.07) is 8.59. The Hall–Kier alpha value is -3.07. The van der Waals surface area contributed by atoms with Crippen LogP contribution in [-0.4, -0.2) is 31.7 Å². The highest BCUT2D eigenvalue weighted by molar-refractivity contribution is 6.28. The van der Waals surface area contributed by atoms with Crippen molar-refractivity contribution >= 4 is 28.9 Å². The van der Waals surface area contributed by atoms with Crippen molar-refractivity contribution in [2.75, 3.05) is 6.54 Å². The molecule has 0 atom stereocenters. The van der Waals surface area contributed by atoms with Crippen LogP contribution in [0.4, 0.5) is 4.79 Å². The van der Waals surface area contributed by atoms with Crippen LogP contribution in [0.2, 0.25) is 5.28 Å². The maximum atomic E-state index is 12.9. The van der Waals surface area contributed by atoms with Crippen LogP contribution in [0.3, 0.4) is 0 Å². The van der Waals surface area contributed by atoms with E-state index < -0.39 is 17.3 Å². The second kappa shape index (κ2) is 9.42. The number of aryl methyl sites for hydroxylation is 1. The van der Waals surface area contributed by atoms with Gasteiger partial charge in [-0.2, -0.15) is 4.98 Å². The first-order valence-corrected chi connectivity index (χ1v) is 9.78. The summed E-state index contributed by atoms with van der Waals surface area (Å²) in [5, 5.41) is 2.58. The zero-order chi connectivity index (χ0) is 20.8. The Bertz CT molecular complexity index is 1100. The molecular formula is C19H22ClN5O4. The van der Waals surface area contributed by atoms with Crippen LogP contribution in [0.25, 0.3) is 11.2 Å². The number of carbonyl (C=O) groups excluding carboxylic acids is 1. The molecular weight excluding hydrogens is 398 g/mol. The van der Waals surface area contributed by atoms with E-state index in [1.54, 1.807) is 30.3 Å². The lowest BCUT2D eigenvalue weighted by Crippen LogP contribution is -2.43. The summed E-state index contributed by atoms with van der Waals surface area (Å²) in [5.74, 6) is 0.397. The van der Waals surface area contributed by atoms with E-state index in [0.717, 1.165) is 23.8 Å². The number of ether oxygens (including phenoxy) is 1. The van der Waals surface area contributed by atoms with Crippen molar-refractivity contribution in [1.29, 1.82) is 0 Å². The predicted molar refractivity (Wildman–Crippen MR) is 110 cm³/mol. The second-order valence-electron chi connectivity index (χ2n) is 6.45. The number of aromatic nitrogens is 4. The molecule has 0 aliphatic carbocycles. The average molecular weight is 420 g/mol. The smallest absolute Gasteiger partial charge is 0.410 e. The standard InChI is InChI=1S/C19H22ClN5O4/c1-2-3-7-11-24-15-14(22-17(20)23-15)16(26)25(19(24)28)12-10-21-18(27)29-13-8-5-4-6-9-13/h4-6,8-9H,2-3,7,10-12H2,1H3,(H,21,27)(H,22,23). The third kappa shape index (κ3) is 4.86. The van der Waals surface area contributed by atoms with Crippen LogP contribution in [0.15, 0.2) is 39.9 Å². The van der Waals surface area contributed by atoms with Crippen molar-refractivity contribution in [3.63, 3.8) is 0 Å².